The number of methoxy groups -OCH3 is 1. The minimum Gasteiger partial charge on any atom is -0.497 e. The number of carbonyl (C=O) groups is 1. The zero-order valence-corrected chi connectivity index (χ0v) is 14.9. The fourth-order valence-corrected chi connectivity index (χ4v) is 3.19. The molecule has 0 atom stereocenters. The molecule has 128 valence electrons. The number of nitrogens with zero attached hydrogens (tertiary/aromatic N) is 1. The van der Waals surface area contributed by atoms with Gasteiger partial charge < -0.3 is 10.1 Å². The van der Waals surface area contributed by atoms with Gasteiger partial charge in [0.25, 0.3) is 0 Å². The number of thiazole rings is 1. The van der Waals surface area contributed by atoms with Crippen LogP contribution in [-0.4, -0.2) is 18.0 Å². The molecule has 1 amide bonds. The van der Waals surface area contributed by atoms with E-state index < -0.39 is 0 Å². The first-order valence-corrected chi connectivity index (χ1v) is 9.02. The van der Waals surface area contributed by atoms with E-state index in [1.54, 1.807) is 18.4 Å². The van der Waals surface area contributed by atoms with E-state index in [0.717, 1.165) is 28.4 Å². The molecule has 2 aromatic carbocycles. The zero-order valence-electron chi connectivity index (χ0n) is 14.1. The molecule has 0 saturated heterocycles. The van der Waals surface area contributed by atoms with Crippen LogP contribution in [0.5, 0.6) is 5.75 Å². The summed E-state index contributed by atoms with van der Waals surface area (Å²) >= 11 is 1.55. The molecule has 0 aliphatic rings. The van der Waals surface area contributed by atoms with Gasteiger partial charge in [0.05, 0.1) is 19.3 Å². The van der Waals surface area contributed by atoms with E-state index in [1.807, 2.05) is 60.0 Å². The van der Waals surface area contributed by atoms with Crippen LogP contribution in [0.3, 0.4) is 0 Å². The van der Waals surface area contributed by atoms with E-state index in [0.29, 0.717) is 13.0 Å². The van der Waals surface area contributed by atoms with Crippen molar-refractivity contribution in [3.63, 3.8) is 0 Å². The number of hydrogen-bond acceptors (Lipinski definition) is 4. The molecule has 0 radical (unpaired) electrons. The average molecular weight is 352 g/mol. The number of benzene rings is 2. The maximum Gasteiger partial charge on any atom is 0.220 e. The Balaban J connectivity index is 1.50. The highest BCUT2D eigenvalue weighted by Gasteiger charge is 2.07. The second kappa shape index (κ2) is 8.44. The van der Waals surface area contributed by atoms with Crippen LogP contribution in [0.15, 0.2) is 60.0 Å². The highest BCUT2D eigenvalue weighted by molar-refractivity contribution is 7.09. The summed E-state index contributed by atoms with van der Waals surface area (Å²) in [6.45, 7) is 0.467. The molecule has 0 saturated carbocycles. The summed E-state index contributed by atoms with van der Waals surface area (Å²) in [4.78, 5) is 16.6. The van der Waals surface area contributed by atoms with Gasteiger partial charge in [0.15, 0.2) is 0 Å². The van der Waals surface area contributed by atoms with E-state index in [1.165, 1.54) is 5.56 Å². The molecule has 0 fully saturated rings. The van der Waals surface area contributed by atoms with Crippen LogP contribution in [-0.2, 0) is 17.8 Å². The van der Waals surface area contributed by atoms with Crippen molar-refractivity contribution in [1.82, 2.24) is 10.3 Å². The minimum atomic E-state index is 0.0463. The van der Waals surface area contributed by atoms with Crippen molar-refractivity contribution in [3.8, 4) is 17.0 Å². The number of amides is 1. The Morgan fingerprint density at radius 2 is 1.88 bits per heavy atom. The molecule has 3 rings (SSSR count). The van der Waals surface area contributed by atoms with Crippen LogP contribution in [0.1, 0.15) is 17.0 Å². The molecule has 1 aromatic heterocycles. The maximum absolute atomic E-state index is 12.0. The molecular formula is C20H20N2O2S. The predicted octanol–water partition coefficient (Wildman–Crippen LogP) is 4.07. The normalized spacial score (nSPS) is 10.4. The fourth-order valence-electron chi connectivity index (χ4n) is 2.45. The molecule has 3 aromatic rings. The SMILES string of the molecule is COc1ccc(-c2csc(CNC(=O)CCc3ccccc3)n2)cc1. The van der Waals surface area contributed by atoms with Crippen LogP contribution in [0.2, 0.25) is 0 Å². The first-order valence-electron chi connectivity index (χ1n) is 8.14. The van der Waals surface area contributed by atoms with Crippen molar-refractivity contribution in [2.45, 2.75) is 19.4 Å². The minimum absolute atomic E-state index is 0.0463. The van der Waals surface area contributed by atoms with Crippen LogP contribution in [0, 0.1) is 0 Å². The van der Waals surface area contributed by atoms with Crippen molar-refractivity contribution in [2.24, 2.45) is 0 Å². The Hall–Kier alpha value is -2.66. The number of carbonyl (C=O) groups excluding carboxylic acids is 1. The van der Waals surface area contributed by atoms with Crippen molar-refractivity contribution in [1.29, 1.82) is 0 Å². The Morgan fingerprint density at radius 3 is 2.60 bits per heavy atom. The Labute approximate surface area is 151 Å². The van der Waals surface area contributed by atoms with Gasteiger partial charge in [-0.3, -0.25) is 4.79 Å². The summed E-state index contributed by atoms with van der Waals surface area (Å²) in [5, 5.41) is 5.85. The molecular weight excluding hydrogens is 332 g/mol. The first-order chi connectivity index (χ1) is 12.2. The van der Waals surface area contributed by atoms with Crippen molar-refractivity contribution >= 4 is 17.2 Å². The third kappa shape index (κ3) is 4.90. The second-order valence-electron chi connectivity index (χ2n) is 5.62. The summed E-state index contributed by atoms with van der Waals surface area (Å²) in [6.07, 6.45) is 1.24. The van der Waals surface area contributed by atoms with E-state index in [2.05, 4.69) is 10.3 Å². The number of nitrogens with one attached hydrogen (secondary N) is 1. The summed E-state index contributed by atoms with van der Waals surface area (Å²) < 4.78 is 5.16. The standard InChI is InChI=1S/C20H20N2O2S/c1-24-17-10-8-16(9-11-17)18-14-25-20(22-18)13-21-19(23)12-7-15-5-3-2-4-6-15/h2-6,8-11,14H,7,12-13H2,1H3,(H,21,23). The van der Waals surface area contributed by atoms with Gasteiger partial charge in [-0.15, -0.1) is 11.3 Å². The number of aryl methyl sites for hydroxylation is 1. The lowest BCUT2D eigenvalue weighted by Gasteiger charge is -2.03. The lowest BCUT2D eigenvalue weighted by Crippen LogP contribution is -2.22. The van der Waals surface area contributed by atoms with Crippen molar-refractivity contribution < 1.29 is 9.53 Å². The Morgan fingerprint density at radius 1 is 1.12 bits per heavy atom. The quantitative estimate of drug-likeness (QED) is 0.697. The van der Waals surface area contributed by atoms with Gasteiger partial charge in [0.2, 0.25) is 5.91 Å². The third-order valence-electron chi connectivity index (χ3n) is 3.86. The molecule has 1 heterocycles. The molecule has 4 nitrogen and oxygen atoms in total. The Kier molecular flexibility index (Phi) is 5.80. The summed E-state index contributed by atoms with van der Waals surface area (Å²) in [5.41, 5.74) is 3.13. The van der Waals surface area contributed by atoms with E-state index in [-0.39, 0.29) is 5.91 Å². The average Bonchev–Trinajstić information content (AvgIpc) is 3.14. The molecule has 0 spiro atoms. The molecule has 0 aliphatic heterocycles. The number of rotatable bonds is 7. The van der Waals surface area contributed by atoms with Gasteiger partial charge in [-0.05, 0) is 36.2 Å². The fraction of sp³-hybridized carbons (Fsp3) is 0.200. The largest absolute Gasteiger partial charge is 0.497 e. The Bertz CT molecular complexity index is 813. The van der Waals surface area contributed by atoms with Crippen LogP contribution in [0.4, 0.5) is 0 Å². The predicted molar refractivity (Wildman–Crippen MR) is 101 cm³/mol. The van der Waals surface area contributed by atoms with Crippen LogP contribution >= 0.6 is 11.3 Å². The van der Waals surface area contributed by atoms with Crippen LogP contribution in [0.25, 0.3) is 11.3 Å². The van der Waals surface area contributed by atoms with E-state index in [4.69, 9.17) is 4.74 Å². The lowest BCUT2D eigenvalue weighted by atomic mass is 10.1. The topological polar surface area (TPSA) is 51.2 Å². The summed E-state index contributed by atoms with van der Waals surface area (Å²) in [6, 6.07) is 17.8. The van der Waals surface area contributed by atoms with Gasteiger partial charge in [-0.25, -0.2) is 4.98 Å². The molecule has 0 aliphatic carbocycles. The van der Waals surface area contributed by atoms with Crippen molar-refractivity contribution in [2.75, 3.05) is 7.11 Å². The summed E-state index contributed by atoms with van der Waals surface area (Å²) in [7, 11) is 1.65. The summed E-state index contributed by atoms with van der Waals surface area (Å²) in [5.74, 6) is 0.870. The highest BCUT2D eigenvalue weighted by atomic mass is 32.1. The van der Waals surface area contributed by atoms with E-state index in [9.17, 15) is 4.79 Å². The highest BCUT2D eigenvalue weighted by Crippen LogP contribution is 2.24. The molecule has 0 bridgehead atoms. The molecule has 5 heteroatoms. The lowest BCUT2D eigenvalue weighted by molar-refractivity contribution is -0.121. The maximum atomic E-state index is 12.0. The van der Waals surface area contributed by atoms with E-state index >= 15 is 0 Å². The smallest absolute Gasteiger partial charge is 0.220 e. The number of aromatic nitrogens is 1. The van der Waals surface area contributed by atoms with Gasteiger partial charge in [0.1, 0.15) is 10.8 Å². The second-order valence-corrected chi connectivity index (χ2v) is 6.56. The number of ether oxygens (including phenoxy) is 1. The van der Waals surface area contributed by atoms with Crippen molar-refractivity contribution in [3.05, 3.63) is 70.5 Å². The monoisotopic (exact) mass is 352 g/mol. The molecule has 25 heavy (non-hydrogen) atoms. The first kappa shape index (κ1) is 17.2. The molecule has 1 N–H and O–H groups in total. The van der Waals surface area contributed by atoms with Gasteiger partial charge in [0, 0.05) is 17.4 Å². The number of hydrogen-bond donors (Lipinski definition) is 1. The third-order valence-corrected chi connectivity index (χ3v) is 4.71. The van der Waals surface area contributed by atoms with Gasteiger partial charge >= 0.3 is 0 Å². The zero-order chi connectivity index (χ0) is 17.5. The van der Waals surface area contributed by atoms with Crippen LogP contribution < -0.4 is 10.1 Å². The van der Waals surface area contributed by atoms with Gasteiger partial charge in [-0.1, -0.05) is 30.3 Å². The molecule has 0 unspecified atom stereocenters. The van der Waals surface area contributed by atoms with Gasteiger partial charge in [-0.2, -0.15) is 0 Å².